The van der Waals surface area contributed by atoms with Crippen molar-refractivity contribution >= 4 is 29.9 Å². The lowest BCUT2D eigenvalue weighted by Crippen LogP contribution is -2.41. The quantitative estimate of drug-likeness (QED) is 0.914. The zero-order valence-corrected chi connectivity index (χ0v) is 14.3. The molecular weight excluding hydrogens is 319 g/mol. The Bertz CT molecular complexity index is 478. The molecule has 0 aromatic heterocycles. The van der Waals surface area contributed by atoms with Gasteiger partial charge < -0.3 is 10.2 Å². The van der Waals surface area contributed by atoms with E-state index in [4.69, 9.17) is 11.6 Å². The topological polar surface area (TPSA) is 32.3 Å². The maximum Gasteiger partial charge on any atom is 0.226 e. The first kappa shape index (κ1) is 17.6. The average Bonchev–Trinajstić information content (AvgIpc) is 3.04. The maximum absolute atomic E-state index is 12.4. The number of hydrogen-bond acceptors (Lipinski definition) is 2. The van der Waals surface area contributed by atoms with Gasteiger partial charge >= 0.3 is 0 Å². The molecule has 5 heteroatoms. The van der Waals surface area contributed by atoms with Crippen LogP contribution in [0.5, 0.6) is 0 Å². The molecule has 2 aliphatic rings. The van der Waals surface area contributed by atoms with Crippen LogP contribution < -0.4 is 5.32 Å². The Morgan fingerprint density at radius 2 is 1.82 bits per heavy atom. The molecule has 3 nitrogen and oxygen atoms in total. The van der Waals surface area contributed by atoms with Gasteiger partial charge in [-0.15, -0.1) is 12.4 Å². The SMILES string of the molecule is Cl.O=C(Cc1ccc(Cl)cc1)N1CCC(C2CCNC2)CC1. The zero-order chi connectivity index (χ0) is 14.7. The van der Waals surface area contributed by atoms with E-state index in [1.807, 2.05) is 29.2 Å². The molecular formula is C17H24Cl2N2O. The number of piperidine rings is 1. The number of benzene rings is 1. The van der Waals surface area contributed by atoms with E-state index in [1.54, 1.807) is 0 Å². The maximum atomic E-state index is 12.4. The first-order chi connectivity index (χ1) is 10.2. The van der Waals surface area contributed by atoms with Gasteiger partial charge in [-0.1, -0.05) is 23.7 Å². The molecule has 1 atom stereocenters. The minimum absolute atomic E-state index is 0. The van der Waals surface area contributed by atoms with Crippen molar-refractivity contribution in [3.05, 3.63) is 34.9 Å². The van der Waals surface area contributed by atoms with E-state index in [0.717, 1.165) is 35.5 Å². The average molecular weight is 343 g/mol. The fourth-order valence-electron chi connectivity index (χ4n) is 3.59. The number of nitrogens with one attached hydrogen (secondary N) is 1. The third-order valence-electron chi connectivity index (χ3n) is 4.93. The Balaban J connectivity index is 0.00000176. The lowest BCUT2D eigenvalue weighted by Gasteiger charge is -2.34. The van der Waals surface area contributed by atoms with Crippen LogP contribution in [-0.2, 0) is 11.2 Å². The molecule has 2 fully saturated rings. The highest BCUT2D eigenvalue weighted by Crippen LogP contribution is 2.29. The molecule has 1 aromatic carbocycles. The van der Waals surface area contributed by atoms with Crippen LogP contribution in [0.25, 0.3) is 0 Å². The van der Waals surface area contributed by atoms with E-state index in [9.17, 15) is 4.79 Å². The third kappa shape index (κ3) is 4.37. The van der Waals surface area contributed by atoms with Crippen molar-refractivity contribution in [1.29, 1.82) is 0 Å². The number of carbonyl (C=O) groups is 1. The highest BCUT2D eigenvalue weighted by Gasteiger charge is 2.29. The smallest absolute Gasteiger partial charge is 0.226 e. The number of likely N-dealkylation sites (tertiary alicyclic amines) is 1. The number of rotatable bonds is 3. The summed E-state index contributed by atoms with van der Waals surface area (Å²) >= 11 is 5.87. The number of hydrogen-bond donors (Lipinski definition) is 1. The molecule has 0 bridgehead atoms. The van der Waals surface area contributed by atoms with Gasteiger partial charge in [0.25, 0.3) is 0 Å². The summed E-state index contributed by atoms with van der Waals surface area (Å²) in [4.78, 5) is 14.4. The van der Waals surface area contributed by atoms with Gasteiger partial charge in [0.2, 0.25) is 5.91 Å². The van der Waals surface area contributed by atoms with Crippen LogP contribution in [0, 0.1) is 11.8 Å². The van der Waals surface area contributed by atoms with Crippen LogP contribution in [0.1, 0.15) is 24.8 Å². The Hall–Kier alpha value is -0.770. The number of amides is 1. The second kappa shape index (κ2) is 8.19. The van der Waals surface area contributed by atoms with Crippen LogP contribution in [0.3, 0.4) is 0 Å². The minimum atomic E-state index is 0. The van der Waals surface area contributed by atoms with Gasteiger partial charge in [-0.3, -0.25) is 4.79 Å². The predicted octanol–water partition coefficient (Wildman–Crippen LogP) is 3.15. The Kier molecular flexibility index (Phi) is 6.54. The summed E-state index contributed by atoms with van der Waals surface area (Å²) in [5, 5.41) is 4.17. The summed E-state index contributed by atoms with van der Waals surface area (Å²) in [6, 6.07) is 7.58. The molecule has 1 unspecified atom stereocenters. The summed E-state index contributed by atoms with van der Waals surface area (Å²) < 4.78 is 0. The van der Waals surface area contributed by atoms with E-state index in [2.05, 4.69) is 5.32 Å². The molecule has 1 aromatic rings. The lowest BCUT2D eigenvalue weighted by molar-refractivity contribution is -0.132. The van der Waals surface area contributed by atoms with Gasteiger partial charge in [0.15, 0.2) is 0 Å². The van der Waals surface area contributed by atoms with Gasteiger partial charge in [0, 0.05) is 18.1 Å². The number of carbonyl (C=O) groups excluding carboxylic acids is 1. The van der Waals surface area contributed by atoms with E-state index in [-0.39, 0.29) is 18.3 Å². The van der Waals surface area contributed by atoms with Crippen LogP contribution in [0.4, 0.5) is 0 Å². The standard InChI is InChI=1S/C17H23ClN2O.ClH/c18-16-3-1-13(2-4-16)11-17(21)20-9-6-14(7-10-20)15-5-8-19-12-15;/h1-4,14-15,19H,5-12H2;1H. The van der Waals surface area contributed by atoms with E-state index in [1.165, 1.54) is 32.4 Å². The second-order valence-electron chi connectivity index (χ2n) is 6.27. The summed E-state index contributed by atoms with van der Waals surface area (Å²) in [5.41, 5.74) is 1.05. The molecule has 122 valence electrons. The van der Waals surface area contributed by atoms with Crippen molar-refractivity contribution in [2.75, 3.05) is 26.2 Å². The Morgan fingerprint density at radius 1 is 1.14 bits per heavy atom. The first-order valence-corrected chi connectivity index (χ1v) is 8.33. The molecule has 2 heterocycles. The second-order valence-corrected chi connectivity index (χ2v) is 6.71. The summed E-state index contributed by atoms with van der Waals surface area (Å²) in [7, 11) is 0. The molecule has 1 N–H and O–H groups in total. The van der Waals surface area contributed by atoms with E-state index in [0.29, 0.717) is 6.42 Å². The number of nitrogens with zero attached hydrogens (tertiary/aromatic N) is 1. The molecule has 0 spiro atoms. The summed E-state index contributed by atoms with van der Waals surface area (Å²) in [5.74, 6) is 1.89. The molecule has 2 saturated heterocycles. The fourth-order valence-corrected chi connectivity index (χ4v) is 3.71. The molecule has 0 aliphatic carbocycles. The van der Waals surface area contributed by atoms with Gasteiger partial charge in [-0.2, -0.15) is 0 Å². The van der Waals surface area contributed by atoms with Crippen LogP contribution in [-0.4, -0.2) is 37.0 Å². The molecule has 0 radical (unpaired) electrons. The highest BCUT2D eigenvalue weighted by atomic mass is 35.5. The normalized spacial score (nSPS) is 22.4. The van der Waals surface area contributed by atoms with E-state index < -0.39 is 0 Å². The largest absolute Gasteiger partial charge is 0.342 e. The van der Waals surface area contributed by atoms with Crippen LogP contribution in [0.2, 0.25) is 5.02 Å². The van der Waals surface area contributed by atoms with Crippen LogP contribution in [0.15, 0.2) is 24.3 Å². The highest BCUT2D eigenvalue weighted by molar-refractivity contribution is 6.30. The van der Waals surface area contributed by atoms with Crippen molar-refractivity contribution < 1.29 is 4.79 Å². The van der Waals surface area contributed by atoms with Gasteiger partial charge in [0.1, 0.15) is 0 Å². The molecule has 0 saturated carbocycles. The van der Waals surface area contributed by atoms with Gasteiger partial charge in [0.05, 0.1) is 6.42 Å². The first-order valence-electron chi connectivity index (χ1n) is 7.95. The number of halogens is 2. The van der Waals surface area contributed by atoms with Crippen molar-refractivity contribution in [2.24, 2.45) is 11.8 Å². The summed E-state index contributed by atoms with van der Waals surface area (Å²) in [6.07, 6.45) is 4.13. The molecule has 3 rings (SSSR count). The van der Waals surface area contributed by atoms with Crippen molar-refractivity contribution in [3.63, 3.8) is 0 Å². The van der Waals surface area contributed by atoms with E-state index >= 15 is 0 Å². The monoisotopic (exact) mass is 342 g/mol. The molecule has 22 heavy (non-hydrogen) atoms. The Morgan fingerprint density at radius 3 is 2.41 bits per heavy atom. The fraction of sp³-hybridized carbons (Fsp3) is 0.588. The van der Waals surface area contributed by atoms with Crippen molar-refractivity contribution in [2.45, 2.75) is 25.7 Å². The molecule has 2 aliphatic heterocycles. The lowest BCUT2D eigenvalue weighted by atomic mass is 9.83. The van der Waals surface area contributed by atoms with Gasteiger partial charge in [-0.05, 0) is 61.9 Å². The van der Waals surface area contributed by atoms with Gasteiger partial charge in [-0.25, -0.2) is 0 Å². The van der Waals surface area contributed by atoms with Crippen molar-refractivity contribution in [1.82, 2.24) is 10.2 Å². The van der Waals surface area contributed by atoms with Crippen molar-refractivity contribution in [3.8, 4) is 0 Å². The Labute approximate surface area is 143 Å². The third-order valence-corrected chi connectivity index (χ3v) is 5.18. The van der Waals surface area contributed by atoms with Crippen LogP contribution >= 0.6 is 24.0 Å². The summed E-state index contributed by atoms with van der Waals surface area (Å²) in [6.45, 7) is 4.19. The zero-order valence-electron chi connectivity index (χ0n) is 12.8. The predicted molar refractivity (Wildman–Crippen MR) is 92.7 cm³/mol. The molecule has 1 amide bonds. The minimum Gasteiger partial charge on any atom is -0.342 e.